The zero-order valence-corrected chi connectivity index (χ0v) is 18.3. The number of carbonyl (C=O) groups is 1. The average molecular weight is 443 g/mol. The molecule has 3 aromatic rings. The number of rotatable bonds is 5. The number of nitrogens with two attached hydrogens (primary N) is 1. The second-order valence-corrected chi connectivity index (χ2v) is 9.79. The largest absolute Gasteiger partial charge is 0.311 e. The van der Waals surface area contributed by atoms with E-state index in [2.05, 4.69) is 37.0 Å². The molecule has 0 aliphatic carbocycles. The number of sulfonamides is 1. The Morgan fingerprint density at radius 2 is 1.93 bits per heavy atom. The zero-order chi connectivity index (χ0) is 21.5. The van der Waals surface area contributed by atoms with Crippen LogP contribution in [0.25, 0.3) is 5.69 Å². The number of benzene rings is 2. The van der Waals surface area contributed by atoms with Crippen molar-refractivity contribution in [1.82, 2.24) is 9.55 Å². The summed E-state index contributed by atoms with van der Waals surface area (Å²) in [5, 5.41) is 5.96. The van der Waals surface area contributed by atoms with Crippen molar-refractivity contribution in [1.29, 1.82) is 0 Å². The minimum atomic E-state index is -3.76. The van der Waals surface area contributed by atoms with Crippen molar-refractivity contribution in [2.75, 3.05) is 17.2 Å². The number of carbonyl (C=O) groups excluding carboxylic acids is 1. The van der Waals surface area contributed by atoms with Crippen LogP contribution in [0, 0.1) is 13.8 Å². The molecule has 9 heteroatoms. The Balaban J connectivity index is 1.50. The lowest BCUT2D eigenvalue weighted by atomic mass is 10.1. The molecule has 0 spiro atoms. The summed E-state index contributed by atoms with van der Waals surface area (Å²) in [6.07, 6.45) is 4.22. The number of aryl methyl sites for hydroxylation is 2. The smallest absolute Gasteiger partial charge is 0.238 e. The zero-order valence-electron chi connectivity index (χ0n) is 16.7. The van der Waals surface area contributed by atoms with Gasteiger partial charge in [0.25, 0.3) is 0 Å². The van der Waals surface area contributed by atoms with Crippen molar-refractivity contribution in [3.8, 4) is 5.69 Å². The van der Waals surface area contributed by atoms with Crippen molar-refractivity contribution in [2.45, 2.75) is 30.3 Å². The van der Waals surface area contributed by atoms with E-state index < -0.39 is 10.0 Å². The molecule has 2 N–H and O–H groups in total. The van der Waals surface area contributed by atoms with Crippen LogP contribution in [0.3, 0.4) is 0 Å². The molecule has 0 radical (unpaired) electrons. The van der Waals surface area contributed by atoms with Crippen LogP contribution in [0.1, 0.15) is 16.7 Å². The molecule has 1 aliphatic heterocycles. The minimum absolute atomic E-state index is 0.0442. The lowest BCUT2D eigenvalue weighted by Crippen LogP contribution is -2.30. The molecule has 7 nitrogen and oxygen atoms in total. The number of fused-ring (bicyclic) bond motifs is 1. The number of hydrogen-bond donors (Lipinski definition) is 1. The Hall–Kier alpha value is -2.62. The van der Waals surface area contributed by atoms with Gasteiger partial charge in [-0.25, -0.2) is 18.5 Å². The SMILES string of the molecule is Cc1ccc(-n2ccnc2SCC(=O)N2CCc3cc(S(N)(=O)=O)ccc32)c(C)c1. The topological polar surface area (TPSA) is 98.3 Å². The maximum Gasteiger partial charge on any atom is 0.238 e. The Labute approximate surface area is 180 Å². The van der Waals surface area contributed by atoms with Crippen LogP contribution in [0.5, 0.6) is 0 Å². The van der Waals surface area contributed by atoms with Gasteiger partial charge in [0.1, 0.15) is 0 Å². The molecule has 4 rings (SSSR count). The predicted octanol–water partition coefficient (Wildman–Crippen LogP) is 2.82. The van der Waals surface area contributed by atoms with Crippen molar-refractivity contribution in [3.05, 3.63) is 65.5 Å². The summed E-state index contributed by atoms with van der Waals surface area (Å²) in [5.41, 5.74) is 4.93. The van der Waals surface area contributed by atoms with Gasteiger partial charge in [-0.3, -0.25) is 9.36 Å². The van der Waals surface area contributed by atoms with Gasteiger partial charge in [0.2, 0.25) is 15.9 Å². The van der Waals surface area contributed by atoms with E-state index in [0.717, 1.165) is 27.7 Å². The average Bonchev–Trinajstić information content (AvgIpc) is 3.32. The van der Waals surface area contributed by atoms with E-state index in [1.165, 1.54) is 23.4 Å². The Kier molecular flexibility index (Phi) is 5.44. The summed E-state index contributed by atoms with van der Waals surface area (Å²) in [6, 6.07) is 10.9. The Morgan fingerprint density at radius 1 is 1.17 bits per heavy atom. The van der Waals surface area contributed by atoms with E-state index in [4.69, 9.17) is 5.14 Å². The Bertz CT molecular complexity index is 1230. The third-order valence-electron chi connectivity index (χ3n) is 5.12. The van der Waals surface area contributed by atoms with Crippen molar-refractivity contribution < 1.29 is 13.2 Å². The second kappa shape index (κ2) is 7.90. The molecule has 0 bridgehead atoms. The summed E-state index contributed by atoms with van der Waals surface area (Å²) >= 11 is 1.38. The van der Waals surface area contributed by atoms with E-state index in [9.17, 15) is 13.2 Å². The van der Waals surface area contributed by atoms with E-state index in [1.54, 1.807) is 23.2 Å². The Morgan fingerprint density at radius 3 is 2.67 bits per heavy atom. The second-order valence-electron chi connectivity index (χ2n) is 7.29. The van der Waals surface area contributed by atoms with E-state index in [0.29, 0.717) is 13.0 Å². The van der Waals surface area contributed by atoms with Gasteiger partial charge in [-0.2, -0.15) is 0 Å². The van der Waals surface area contributed by atoms with Crippen LogP contribution >= 0.6 is 11.8 Å². The summed E-state index contributed by atoms with van der Waals surface area (Å²) in [6.45, 7) is 4.63. The summed E-state index contributed by atoms with van der Waals surface area (Å²) in [5.74, 6) is 0.190. The quantitative estimate of drug-likeness (QED) is 0.613. The van der Waals surface area contributed by atoms with Crippen LogP contribution < -0.4 is 10.0 Å². The van der Waals surface area contributed by atoms with Crippen LogP contribution in [0.15, 0.2) is 58.8 Å². The van der Waals surface area contributed by atoms with Crippen molar-refractivity contribution >= 4 is 33.4 Å². The number of primary sulfonamides is 1. The molecule has 1 amide bonds. The van der Waals surface area contributed by atoms with Gasteiger partial charge in [-0.15, -0.1) is 0 Å². The molecule has 2 aromatic carbocycles. The van der Waals surface area contributed by atoms with Crippen LogP contribution in [-0.4, -0.2) is 36.2 Å². The molecule has 0 atom stereocenters. The highest BCUT2D eigenvalue weighted by Crippen LogP contribution is 2.31. The monoisotopic (exact) mass is 442 g/mol. The van der Waals surface area contributed by atoms with Crippen molar-refractivity contribution in [3.63, 3.8) is 0 Å². The highest BCUT2D eigenvalue weighted by Gasteiger charge is 2.26. The van der Waals surface area contributed by atoms with Crippen LogP contribution in [0.2, 0.25) is 0 Å². The summed E-state index contributed by atoms with van der Waals surface area (Å²) < 4.78 is 25.1. The molecule has 30 heavy (non-hydrogen) atoms. The van der Waals surface area contributed by atoms with Crippen LogP contribution in [-0.2, 0) is 21.2 Å². The fourth-order valence-electron chi connectivity index (χ4n) is 3.67. The fraction of sp³-hybridized carbons (Fsp3) is 0.238. The maximum atomic E-state index is 12.9. The number of hydrogen-bond acceptors (Lipinski definition) is 5. The van der Waals surface area contributed by atoms with Gasteiger partial charge in [-0.05, 0) is 55.7 Å². The first kappa shape index (κ1) is 20.6. The predicted molar refractivity (Wildman–Crippen MR) is 118 cm³/mol. The van der Waals surface area contributed by atoms with Gasteiger partial charge >= 0.3 is 0 Å². The van der Waals surface area contributed by atoms with Gasteiger partial charge in [0.05, 0.1) is 16.3 Å². The van der Waals surface area contributed by atoms with Gasteiger partial charge in [0.15, 0.2) is 5.16 Å². The molecule has 0 unspecified atom stereocenters. The van der Waals surface area contributed by atoms with Gasteiger partial charge < -0.3 is 4.90 Å². The summed E-state index contributed by atoms with van der Waals surface area (Å²) in [4.78, 5) is 19.0. The molecule has 2 heterocycles. The first-order valence-electron chi connectivity index (χ1n) is 9.44. The number of imidazole rings is 1. The molecule has 1 aromatic heterocycles. The van der Waals surface area contributed by atoms with Gasteiger partial charge in [0, 0.05) is 24.6 Å². The highest BCUT2D eigenvalue weighted by atomic mass is 32.2. The van der Waals surface area contributed by atoms with E-state index >= 15 is 0 Å². The number of aromatic nitrogens is 2. The molecule has 156 valence electrons. The molecular formula is C21H22N4O3S2. The first-order chi connectivity index (χ1) is 14.2. The minimum Gasteiger partial charge on any atom is -0.311 e. The molecule has 0 saturated carbocycles. The normalized spacial score (nSPS) is 13.5. The number of thioether (sulfide) groups is 1. The third-order valence-corrected chi connectivity index (χ3v) is 6.98. The number of amides is 1. The molecule has 0 fully saturated rings. The number of anilines is 1. The standard InChI is InChI=1S/C21H22N4O3S2/c1-14-3-5-18(15(2)11-14)25-10-8-23-21(25)29-13-20(26)24-9-7-16-12-17(30(22,27)28)4-6-19(16)24/h3-6,8,10-12H,7,9,13H2,1-2H3,(H2,22,27,28). The molecule has 1 aliphatic rings. The maximum absolute atomic E-state index is 12.9. The lowest BCUT2D eigenvalue weighted by molar-refractivity contribution is -0.116. The molecule has 0 saturated heterocycles. The molecular weight excluding hydrogens is 420 g/mol. The van der Waals surface area contributed by atoms with Crippen molar-refractivity contribution in [2.24, 2.45) is 5.14 Å². The third kappa shape index (κ3) is 4.00. The number of nitrogens with zero attached hydrogens (tertiary/aromatic N) is 3. The van der Waals surface area contributed by atoms with Gasteiger partial charge in [-0.1, -0.05) is 29.5 Å². The lowest BCUT2D eigenvalue weighted by Gasteiger charge is -2.17. The highest BCUT2D eigenvalue weighted by molar-refractivity contribution is 7.99. The summed E-state index contributed by atoms with van der Waals surface area (Å²) in [7, 11) is -3.76. The van der Waals surface area contributed by atoms with E-state index in [1.807, 2.05) is 10.8 Å². The fourth-order valence-corrected chi connectivity index (χ4v) is 5.08. The van der Waals surface area contributed by atoms with Crippen LogP contribution in [0.4, 0.5) is 5.69 Å². The van der Waals surface area contributed by atoms with E-state index in [-0.39, 0.29) is 16.6 Å². The first-order valence-corrected chi connectivity index (χ1v) is 12.0.